The molecule has 1 aromatic carbocycles. The first-order chi connectivity index (χ1) is 6.59. The van der Waals surface area contributed by atoms with Crippen LogP contribution in [0.1, 0.15) is 35.1 Å². The fourth-order valence-corrected chi connectivity index (χ4v) is 3.02. The van der Waals surface area contributed by atoms with Gasteiger partial charge in [-0.05, 0) is 50.3 Å². The maximum absolute atomic E-state index is 6.07. The number of aryl methyl sites for hydroxylation is 3. The number of halogens is 1. The van der Waals surface area contributed by atoms with E-state index in [0.717, 1.165) is 5.88 Å². The van der Waals surface area contributed by atoms with E-state index in [4.69, 9.17) is 11.6 Å². The first kappa shape index (κ1) is 10.0. The van der Waals surface area contributed by atoms with Crippen LogP contribution >= 0.6 is 11.6 Å². The van der Waals surface area contributed by atoms with Crippen LogP contribution in [0.5, 0.6) is 0 Å². The quantitative estimate of drug-likeness (QED) is 0.647. The second-order valence-corrected chi connectivity index (χ2v) is 4.95. The van der Waals surface area contributed by atoms with Crippen LogP contribution in [0.4, 0.5) is 0 Å². The lowest BCUT2D eigenvalue weighted by Gasteiger charge is -2.19. The van der Waals surface area contributed by atoms with Crippen LogP contribution in [0.3, 0.4) is 0 Å². The average molecular weight is 209 g/mol. The molecular weight excluding hydrogens is 192 g/mol. The lowest BCUT2D eigenvalue weighted by molar-refractivity contribution is 0.779. The number of rotatable bonds is 2. The third-order valence-electron chi connectivity index (χ3n) is 3.32. The van der Waals surface area contributed by atoms with Crippen molar-refractivity contribution in [3.05, 3.63) is 34.4 Å². The molecule has 0 saturated heterocycles. The fraction of sp³-hybridized carbons (Fsp3) is 0.538. The zero-order valence-corrected chi connectivity index (χ0v) is 9.91. The summed E-state index contributed by atoms with van der Waals surface area (Å²) >= 11 is 6.07. The first-order valence-corrected chi connectivity index (χ1v) is 5.77. The molecule has 1 aliphatic carbocycles. The van der Waals surface area contributed by atoms with Gasteiger partial charge in [0, 0.05) is 11.3 Å². The van der Waals surface area contributed by atoms with E-state index >= 15 is 0 Å². The van der Waals surface area contributed by atoms with Gasteiger partial charge in [-0.25, -0.2) is 0 Å². The van der Waals surface area contributed by atoms with E-state index in [1.807, 2.05) is 0 Å². The second-order valence-electron chi connectivity index (χ2n) is 4.69. The molecule has 0 spiro atoms. The van der Waals surface area contributed by atoms with E-state index in [-0.39, 0.29) is 0 Å². The fourth-order valence-electron chi connectivity index (χ4n) is 2.62. The van der Waals surface area contributed by atoms with Gasteiger partial charge in [0.05, 0.1) is 0 Å². The van der Waals surface area contributed by atoms with E-state index in [2.05, 4.69) is 32.9 Å². The van der Waals surface area contributed by atoms with Crippen LogP contribution in [0.2, 0.25) is 0 Å². The molecule has 0 radical (unpaired) electrons. The standard InChI is InChI=1S/C13H17Cl/c1-9-6-10(2)12(11(3)7-9)13(8-14)4-5-13/h6-7H,4-5,8H2,1-3H3. The topological polar surface area (TPSA) is 0 Å². The Balaban J connectivity index is 2.53. The van der Waals surface area contributed by atoms with Crippen molar-refractivity contribution in [3.63, 3.8) is 0 Å². The zero-order chi connectivity index (χ0) is 10.3. The molecule has 1 aromatic rings. The molecule has 0 unspecified atom stereocenters. The summed E-state index contributed by atoms with van der Waals surface area (Å²) in [5.41, 5.74) is 6.03. The SMILES string of the molecule is Cc1cc(C)c(C2(CCl)CC2)c(C)c1. The number of hydrogen-bond acceptors (Lipinski definition) is 0. The Morgan fingerprint density at radius 1 is 1.14 bits per heavy atom. The monoisotopic (exact) mass is 208 g/mol. The Morgan fingerprint density at radius 2 is 1.64 bits per heavy atom. The van der Waals surface area contributed by atoms with E-state index in [0.29, 0.717) is 5.41 Å². The van der Waals surface area contributed by atoms with Gasteiger partial charge < -0.3 is 0 Å². The van der Waals surface area contributed by atoms with Crippen molar-refractivity contribution in [2.45, 2.75) is 39.0 Å². The number of benzene rings is 1. The maximum atomic E-state index is 6.07. The smallest absolute Gasteiger partial charge is 0.0320 e. The van der Waals surface area contributed by atoms with Crippen LogP contribution in [0, 0.1) is 20.8 Å². The molecule has 1 fully saturated rings. The summed E-state index contributed by atoms with van der Waals surface area (Å²) in [6, 6.07) is 4.55. The van der Waals surface area contributed by atoms with Crippen LogP contribution < -0.4 is 0 Å². The van der Waals surface area contributed by atoms with Crippen molar-refractivity contribution in [3.8, 4) is 0 Å². The molecule has 0 N–H and O–H groups in total. The van der Waals surface area contributed by atoms with Gasteiger partial charge in [-0.15, -0.1) is 11.6 Å². The molecule has 76 valence electrons. The van der Waals surface area contributed by atoms with Gasteiger partial charge in [0.2, 0.25) is 0 Å². The minimum absolute atomic E-state index is 0.323. The highest BCUT2D eigenvalue weighted by Gasteiger charge is 2.45. The lowest BCUT2D eigenvalue weighted by atomic mass is 9.88. The summed E-state index contributed by atoms with van der Waals surface area (Å²) in [6.07, 6.45) is 2.53. The predicted molar refractivity (Wildman–Crippen MR) is 62.3 cm³/mol. The highest BCUT2D eigenvalue weighted by atomic mass is 35.5. The highest BCUT2D eigenvalue weighted by Crippen LogP contribution is 2.51. The molecule has 0 amide bonds. The summed E-state index contributed by atoms with van der Waals surface area (Å²) in [4.78, 5) is 0. The molecule has 0 aliphatic heterocycles. The van der Waals surface area contributed by atoms with Crippen molar-refractivity contribution < 1.29 is 0 Å². The van der Waals surface area contributed by atoms with Gasteiger partial charge in [0.1, 0.15) is 0 Å². The average Bonchev–Trinajstić information content (AvgIpc) is 2.83. The lowest BCUT2D eigenvalue weighted by Crippen LogP contribution is -2.12. The van der Waals surface area contributed by atoms with Crippen molar-refractivity contribution in [2.75, 3.05) is 5.88 Å². The predicted octanol–water partition coefficient (Wildman–Crippen LogP) is 3.88. The van der Waals surface area contributed by atoms with Crippen LogP contribution in [-0.4, -0.2) is 5.88 Å². The Bertz CT molecular complexity index is 338. The Morgan fingerprint density at radius 3 is 2.00 bits per heavy atom. The largest absolute Gasteiger partial charge is 0.126 e. The van der Waals surface area contributed by atoms with Gasteiger partial charge in [-0.2, -0.15) is 0 Å². The van der Waals surface area contributed by atoms with Gasteiger partial charge in [0.25, 0.3) is 0 Å². The van der Waals surface area contributed by atoms with Crippen LogP contribution in [0.15, 0.2) is 12.1 Å². The van der Waals surface area contributed by atoms with Gasteiger partial charge >= 0.3 is 0 Å². The molecular formula is C13H17Cl. The summed E-state index contributed by atoms with van der Waals surface area (Å²) in [7, 11) is 0. The van der Waals surface area contributed by atoms with Crippen LogP contribution in [-0.2, 0) is 5.41 Å². The molecule has 0 atom stereocenters. The highest BCUT2D eigenvalue weighted by molar-refractivity contribution is 6.19. The summed E-state index contributed by atoms with van der Waals surface area (Å²) in [5, 5.41) is 0. The second kappa shape index (κ2) is 3.27. The van der Waals surface area contributed by atoms with Crippen molar-refractivity contribution >= 4 is 11.6 Å². The van der Waals surface area contributed by atoms with Crippen LogP contribution in [0.25, 0.3) is 0 Å². The molecule has 0 aromatic heterocycles. The van der Waals surface area contributed by atoms with Gasteiger partial charge in [-0.3, -0.25) is 0 Å². The van der Waals surface area contributed by atoms with E-state index in [1.165, 1.54) is 35.1 Å². The molecule has 1 heteroatoms. The minimum atomic E-state index is 0.323. The third kappa shape index (κ3) is 1.46. The molecule has 0 heterocycles. The maximum Gasteiger partial charge on any atom is 0.0320 e. The Hall–Kier alpha value is -0.490. The molecule has 0 bridgehead atoms. The zero-order valence-electron chi connectivity index (χ0n) is 9.15. The number of hydrogen-bond donors (Lipinski definition) is 0. The van der Waals surface area contributed by atoms with Gasteiger partial charge in [-0.1, -0.05) is 17.7 Å². The third-order valence-corrected chi connectivity index (χ3v) is 3.83. The summed E-state index contributed by atoms with van der Waals surface area (Å²) in [6.45, 7) is 6.58. The van der Waals surface area contributed by atoms with E-state index in [9.17, 15) is 0 Å². The molecule has 14 heavy (non-hydrogen) atoms. The molecule has 0 nitrogen and oxygen atoms in total. The van der Waals surface area contributed by atoms with Crippen molar-refractivity contribution in [1.29, 1.82) is 0 Å². The molecule has 1 aliphatic rings. The number of alkyl halides is 1. The Labute approximate surface area is 91.3 Å². The van der Waals surface area contributed by atoms with Crippen molar-refractivity contribution in [1.82, 2.24) is 0 Å². The van der Waals surface area contributed by atoms with E-state index < -0.39 is 0 Å². The Kier molecular flexibility index (Phi) is 2.35. The van der Waals surface area contributed by atoms with Crippen molar-refractivity contribution in [2.24, 2.45) is 0 Å². The summed E-state index contributed by atoms with van der Waals surface area (Å²) in [5.74, 6) is 0.776. The molecule has 1 saturated carbocycles. The van der Waals surface area contributed by atoms with E-state index in [1.54, 1.807) is 0 Å². The minimum Gasteiger partial charge on any atom is -0.126 e. The normalized spacial score (nSPS) is 18.3. The van der Waals surface area contributed by atoms with Gasteiger partial charge in [0.15, 0.2) is 0 Å². The summed E-state index contributed by atoms with van der Waals surface area (Å²) < 4.78 is 0. The first-order valence-electron chi connectivity index (χ1n) is 5.23. The molecule has 2 rings (SSSR count).